The molecule has 140 valence electrons. The smallest absolute Gasteiger partial charge is 0.315 e. The van der Waals surface area contributed by atoms with Crippen molar-refractivity contribution in [2.45, 2.75) is 32.9 Å². The molecule has 0 saturated carbocycles. The summed E-state index contributed by atoms with van der Waals surface area (Å²) in [6.07, 6.45) is 0.759. The zero-order valence-corrected chi connectivity index (χ0v) is 15.4. The Labute approximate surface area is 153 Å². The molecule has 0 aliphatic carbocycles. The van der Waals surface area contributed by atoms with Crippen LogP contribution in [0.5, 0.6) is 0 Å². The van der Waals surface area contributed by atoms with Gasteiger partial charge in [-0.3, -0.25) is 4.79 Å². The molecule has 1 aromatic rings. The van der Waals surface area contributed by atoms with Crippen molar-refractivity contribution in [1.82, 2.24) is 15.5 Å². The molecule has 0 spiro atoms. The number of rotatable bonds is 4. The van der Waals surface area contributed by atoms with Crippen molar-refractivity contribution in [3.8, 4) is 0 Å². The maximum absolute atomic E-state index is 12.8. The number of likely N-dealkylation sites (tertiary alicyclic amines) is 1. The maximum atomic E-state index is 12.8. The van der Waals surface area contributed by atoms with Gasteiger partial charge in [0.05, 0.1) is 6.54 Å². The summed E-state index contributed by atoms with van der Waals surface area (Å²) in [6.45, 7) is 5.50. The average Bonchev–Trinajstić information content (AvgIpc) is 2.54. The number of benzene rings is 1. The van der Waals surface area contributed by atoms with Crippen LogP contribution in [0.3, 0.4) is 0 Å². The second-order valence-corrected chi connectivity index (χ2v) is 6.86. The van der Waals surface area contributed by atoms with Gasteiger partial charge in [-0.05, 0) is 29.5 Å². The Hall–Kier alpha value is -1.86. The topological polar surface area (TPSA) is 87.5 Å². The lowest BCUT2D eigenvalue weighted by Gasteiger charge is -2.42. The van der Waals surface area contributed by atoms with Crippen molar-refractivity contribution in [2.75, 3.05) is 19.6 Å². The lowest BCUT2D eigenvalue weighted by atomic mass is 9.80. The number of hydrogen-bond acceptors (Lipinski definition) is 3. The number of nitrogens with zero attached hydrogens (tertiary/aromatic N) is 1. The molecule has 1 aliphatic rings. The molecule has 3 amide bonds. The van der Waals surface area contributed by atoms with Crippen LogP contribution < -0.4 is 16.4 Å². The van der Waals surface area contributed by atoms with Crippen molar-refractivity contribution < 1.29 is 14.0 Å². The monoisotopic (exact) mass is 372 g/mol. The molecular weight excluding hydrogens is 347 g/mol. The highest BCUT2D eigenvalue weighted by molar-refractivity contribution is 5.85. The zero-order valence-electron chi connectivity index (χ0n) is 14.5. The highest BCUT2D eigenvalue weighted by Crippen LogP contribution is 2.27. The molecule has 1 unspecified atom stereocenters. The van der Waals surface area contributed by atoms with Gasteiger partial charge < -0.3 is 21.3 Å². The molecule has 1 aromatic carbocycles. The second-order valence-electron chi connectivity index (χ2n) is 6.86. The summed E-state index contributed by atoms with van der Waals surface area (Å²) in [4.78, 5) is 25.7. The van der Waals surface area contributed by atoms with Crippen LogP contribution in [-0.4, -0.2) is 42.5 Å². The van der Waals surface area contributed by atoms with E-state index in [1.54, 1.807) is 17.0 Å². The van der Waals surface area contributed by atoms with Gasteiger partial charge in [0.2, 0.25) is 5.91 Å². The lowest BCUT2D eigenvalue weighted by Crippen LogP contribution is -2.55. The molecule has 25 heavy (non-hydrogen) atoms. The summed E-state index contributed by atoms with van der Waals surface area (Å²) in [7, 11) is 0. The summed E-state index contributed by atoms with van der Waals surface area (Å²) in [5.41, 5.74) is 6.72. The summed E-state index contributed by atoms with van der Waals surface area (Å²) in [6, 6.07) is 5.51. The van der Waals surface area contributed by atoms with Gasteiger partial charge in [-0.1, -0.05) is 26.0 Å². The van der Waals surface area contributed by atoms with Crippen LogP contribution in [0.4, 0.5) is 9.18 Å². The minimum absolute atomic E-state index is 0. The van der Waals surface area contributed by atoms with Gasteiger partial charge in [-0.15, -0.1) is 12.4 Å². The number of hydrogen-bond donors (Lipinski definition) is 3. The molecule has 4 N–H and O–H groups in total. The third kappa shape index (κ3) is 6.17. The Bertz CT molecular complexity index is 595. The van der Waals surface area contributed by atoms with Gasteiger partial charge in [0, 0.05) is 25.7 Å². The molecule has 0 aromatic heterocycles. The molecule has 1 fully saturated rings. The predicted molar refractivity (Wildman–Crippen MR) is 96.8 cm³/mol. The predicted octanol–water partition coefficient (Wildman–Crippen LogP) is 1.63. The molecule has 1 aliphatic heterocycles. The molecule has 1 atom stereocenters. The first kappa shape index (κ1) is 21.2. The molecule has 1 saturated heterocycles. The quantitative estimate of drug-likeness (QED) is 0.750. The molecule has 8 heteroatoms. The van der Waals surface area contributed by atoms with Crippen LogP contribution >= 0.6 is 12.4 Å². The van der Waals surface area contributed by atoms with Crippen molar-refractivity contribution >= 4 is 24.3 Å². The normalized spacial score (nSPS) is 18.9. The van der Waals surface area contributed by atoms with Gasteiger partial charge in [-0.25, -0.2) is 9.18 Å². The second kappa shape index (κ2) is 9.01. The third-order valence-electron chi connectivity index (χ3n) is 4.43. The largest absolute Gasteiger partial charge is 0.341 e. The lowest BCUT2D eigenvalue weighted by molar-refractivity contribution is -0.133. The first-order valence-electron chi connectivity index (χ1n) is 8.07. The Balaban J connectivity index is 0.00000312. The first-order valence-corrected chi connectivity index (χ1v) is 8.07. The number of piperidine rings is 1. The fraction of sp³-hybridized carbons (Fsp3) is 0.529. The van der Waals surface area contributed by atoms with E-state index in [2.05, 4.69) is 10.6 Å². The third-order valence-corrected chi connectivity index (χ3v) is 4.43. The number of carbonyl (C=O) groups excluding carboxylic acids is 2. The average molecular weight is 373 g/mol. The Morgan fingerprint density at radius 2 is 1.92 bits per heavy atom. The summed E-state index contributed by atoms with van der Waals surface area (Å²) in [5.74, 6) is -0.440. The molecule has 0 bridgehead atoms. The van der Waals surface area contributed by atoms with Crippen LogP contribution in [0.15, 0.2) is 24.3 Å². The van der Waals surface area contributed by atoms with E-state index in [9.17, 15) is 14.0 Å². The molecular formula is C17H26ClFN4O2. The number of carbonyl (C=O) groups is 2. The van der Waals surface area contributed by atoms with Crippen molar-refractivity contribution in [1.29, 1.82) is 0 Å². The van der Waals surface area contributed by atoms with Gasteiger partial charge >= 0.3 is 6.03 Å². The standard InChI is InChI=1S/C17H25FN4O2.ClH/c1-17(2)11-22(8-7-14(17)19)15(23)10-21-16(24)20-9-12-3-5-13(18)6-4-12;/h3-6,14H,7-11,19H2,1-2H3,(H2,20,21,24);1H. The van der Waals surface area contributed by atoms with E-state index in [0.29, 0.717) is 13.1 Å². The number of urea groups is 1. The Kier molecular flexibility index (Phi) is 7.63. The van der Waals surface area contributed by atoms with Gasteiger partial charge in [0.1, 0.15) is 5.82 Å². The van der Waals surface area contributed by atoms with Crippen molar-refractivity contribution in [2.24, 2.45) is 11.1 Å². The van der Waals surface area contributed by atoms with Crippen LogP contribution in [0.1, 0.15) is 25.8 Å². The zero-order chi connectivity index (χ0) is 17.7. The number of halogens is 2. The van der Waals surface area contributed by atoms with Crippen LogP contribution in [0.25, 0.3) is 0 Å². The summed E-state index contributed by atoms with van der Waals surface area (Å²) < 4.78 is 12.8. The van der Waals surface area contributed by atoms with Gasteiger partial charge in [-0.2, -0.15) is 0 Å². The highest BCUT2D eigenvalue weighted by Gasteiger charge is 2.35. The Morgan fingerprint density at radius 1 is 1.28 bits per heavy atom. The Morgan fingerprint density at radius 3 is 2.52 bits per heavy atom. The highest BCUT2D eigenvalue weighted by atomic mass is 35.5. The number of nitrogens with one attached hydrogen (secondary N) is 2. The van der Waals surface area contributed by atoms with Crippen LogP contribution in [-0.2, 0) is 11.3 Å². The van der Waals surface area contributed by atoms with E-state index in [0.717, 1.165) is 12.0 Å². The SMILES string of the molecule is CC1(C)CN(C(=O)CNC(=O)NCc2ccc(F)cc2)CCC1N.Cl. The summed E-state index contributed by atoms with van der Waals surface area (Å²) >= 11 is 0. The van der Waals surface area contributed by atoms with E-state index in [4.69, 9.17) is 5.73 Å². The van der Waals surface area contributed by atoms with Gasteiger partial charge in [0.15, 0.2) is 0 Å². The van der Waals surface area contributed by atoms with E-state index in [-0.39, 0.29) is 48.7 Å². The van der Waals surface area contributed by atoms with E-state index >= 15 is 0 Å². The van der Waals surface area contributed by atoms with E-state index in [1.165, 1.54) is 12.1 Å². The molecule has 2 rings (SSSR count). The maximum Gasteiger partial charge on any atom is 0.315 e. The van der Waals surface area contributed by atoms with E-state index < -0.39 is 6.03 Å². The van der Waals surface area contributed by atoms with Crippen molar-refractivity contribution in [3.63, 3.8) is 0 Å². The van der Waals surface area contributed by atoms with Gasteiger partial charge in [0.25, 0.3) is 0 Å². The summed E-state index contributed by atoms with van der Waals surface area (Å²) in [5, 5.41) is 5.19. The number of nitrogens with two attached hydrogens (primary N) is 1. The first-order chi connectivity index (χ1) is 11.3. The minimum atomic E-state index is -0.430. The molecule has 0 radical (unpaired) electrons. The van der Waals surface area contributed by atoms with Crippen LogP contribution in [0.2, 0.25) is 0 Å². The van der Waals surface area contributed by atoms with Crippen LogP contribution in [0, 0.1) is 11.2 Å². The van der Waals surface area contributed by atoms with E-state index in [1.807, 2.05) is 13.8 Å². The fourth-order valence-electron chi connectivity index (χ4n) is 2.70. The number of amides is 3. The fourth-order valence-corrected chi connectivity index (χ4v) is 2.70. The minimum Gasteiger partial charge on any atom is -0.341 e. The van der Waals surface area contributed by atoms with Crippen molar-refractivity contribution in [3.05, 3.63) is 35.6 Å². The molecule has 1 heterocycles. The molecule has 6 nitrogen and oxygen atoms in total.